The number of hydrogen-bond acceptors (Lipinski definition) is 3. The Balaban J connectivity index is 1.96. The van der Waals surface area contributed by atoms with Crippen molar-refractivity contribution in [3.63, 3.8) is 0 Å². The molecule has 1 unspecified atom stereocenters. The molecule has 1 atom stereocenters. The number of phenolic OH excluding ortho intramolecular Hbond substituents is 1. The third-order valence-corrected chi connectivity index (χ3v) is 2.95. The van der Waals surface area contributed by atoms with E-state index in [4.69, 9.17) is 0 Å². The average molecular weight is 296 g/mol. The van der Waals surface area contributed by atoms with Crippen molar-refractivity contribution in [2.24, 2.45) is 0 Å². The molecule has 2 N–H and O–H groups in total. The Labute approximate surface area is 120 Å². The van der Waals surface area contributed by atoms with Crippen molar-refractivity contribution in [2.45, 2.75) is 25.6 Å². The van der Waals surface area contributed by atoms with E-state index in [-0.39, 0.29) is 11.8 Å². The summed E-state index contributed by atoms with van der Waals surface area (Å²) in [5, 5.41) is 12.3. The Morgan fingerprint density at radius 1 is 1.14 bits per heavy atom. The maximum Gasteiger partial charge on any atom is 0.433 e. The monoisotopic (exact) mass is 296 g/mol. The molecule has 1 aromatic carbocycles. The van der Waals surface area contributed by atoms with Crippen LogP contribution in [0.3, 0.4) is 0 Å². The highest BCUT2D eigenvalue weighted by atomic mass is 19.4. The van der Waals surface area contributed by atoms with E-state index in [1.807, 2.05) is 6.92 Å². The van der Waals surface area contributed by atoms with E-state index in [0.29, 0.717) is 12.1 Å². The van der Waals surface area contributed by atoms with Gasteiger partial charge in [0.25, 0.3) is 0 Å². The Kier molecular flexibility index (Phi) is 4.35. The summed E-state index contributed by atoms with van der Waals surface area (Å²) in [4.78, 5) is 3.40. The third kappa shape index (κ3) is 4.37. The SMILES string of the molecule is CC(Cc1ccc(O)cc1)Nc1ccc(C(F)(F)F)nc1. The molecule has 2 rings (SSSR count). The van der Waals surface area contributed by atoms with Gasteiger partial charge in [-0.3, -0.25) is 0 Å². The van der Waals surface area contributed by atoms with Crippen LogP contribution in [0.1, 0.15) is 18.2 Å². The first-order valence-electron chi connectivity index (χ1n) is 6.42. The highest BCUT2D eigenvalue weighted by molar-refractivity contribution is 5.42. The van der Waals surface area contributed by atoms with Gasteiger partial charge in [-0.25, -0.2) is 4.98 Å². The topological polar surface area (TPSA) is 45.1 Å². The summed E-state index contributed by atoms with van der Waals surface area (Å²) in [6.45, 7) is 1.92. The van der Waals surface area contributed by atoms with Crippen LogP contribution in [0.25, 0.3) is 0 Å². The van der Waals surface area contributed by atoms with Crippen molar-refractivity contribution in [1.29, 1.82) is 0 Å². The lowest BCUT2D eigenvalue weighted by Gasteiger charge is -2.15. The van der Waals surface area contributed by atoms with Crippen LogP contribution in [0.2, 0.25) is 0 Å². The van der Waals surface area contributed by atoms with Gasteiger partial charge in [0, 0.05) is 6.04 Å². The van der Waals surface area contributed by atoms with Gasteiger partial charge in [0.05, 0.1) is 11.9 Å². The molecule has 0 aliphatic carbocycles. The molecule has 6 heteroatoms. The molecule has 0 amide bonds. The zero-order valence-electron chi connectivity index (χ0n) is 11.4. The lowest BCUT2D eigenvalue weighted by atomic mass is 10.1. The number of benzene rings is 1. The lowest BCUT2D eigenvalue weighted by molar-refractivity contribution is -0.141. The molecule has 0 aliphatic heterocycles. The number of rotatable bonds is 4. The third-order valence-electron chi connectivity index (χ3n) is 2.95. The minimum Gasteiger partial charge on any atom is -0.508 e. The highest BCUT2D eigenvalue weighted by Crippen LogP contribution is 2.27. The number of nitrogens with one attached hydrogen (secondary N) is 1. The van der Waals surface area contributed by atoms with Crippen molar-refractivity contribution in [2.75, 3.05) is 5.32 Å². The molecule has 1 heterocycles. The van der Waals surface area contributed by atoms with Crippen molar-refractivity contribution in [3.05, 3.63) is 53.9 Å². The quantitative estimate of drug-likeness (QED) is 0.900. The Bertz CT molecular complexity index is 579. The van der Waals surface area contributed by atoms with E-state index in [1.54, 1.807) is 24.3 Å². The number of alkyl halides is 3. The van der Waals surface area contributed by atoms with E-state index in [0.717, 1.165) is 11.6 Å². The van der Waals surface area contributed by atoms with Crippen LogP contribution in [0.15, 0.2) is 42.6 Å². The molecular weight excluding hydrogens is 281 g/mol. The van der Waals surface area contributed by atoms with Gasteiger partial charge in [0.15, 0.2) is 0 Å². The molecule has 0 bridgehead atoms. The summed E-state index contributed by atoms with van der Waals surface area (Å²) in [5.74, 6) is 0.200. The zero-order valence-corrected chi connectivity index (χ0v) is 11.4. The van der Waals surface area contributed by atoms with Gasteiger partial charge < -0.3 is 10.4 Å². The van der Waals surface area contributed by atoms with Crippen molar-refractivity contribution >= 4 is 5.69 Å². The van der Waals surface area contributed by atoms with E-state index in [9.17, 15) is 18.3 Å². The largest absolute Gasteiger partial charge is 0.508 e. The van der Waals surface area contributed by atoms with Crippen molar-refractivity contribution in [3.8, 4) is 5.75 Å². The molecule has 0 aliphatic rings. The maximum atomic E-state index is 12.4. The van der Waals surface area contributed by atoms with Crippen LogP contribution in [-0.4, -0.2) is 16.1 Å². The maximum absolute atomic E-state index is 12.4. The summed E-state index contributed by atoms with van der Waals surface area (Å²) in [6, 6.07) is 9.15. The molecule has 2 aromatic rings. The summed E-state index contributed by atoms with van der Waals surface area (Å²) in [6.07, 6.45) is -2.56. The smallest absolute Gasteiger partial charge is 0.433 e. The average Bonchev–Trinajstić information content (AvgIpc) is 2.41. The Morgan fingerprint density at radius 3 is 2.33 bits per heavy atom. The van der Waals surface area contributed by atoms with Gasteiger partial charge >= 0.3 is 6.18 Å². The second-order valence-corrected chi connectivity index (χ2v) is 4.85. The molecule has 21 heavy (non-hydrogen) atoms. The zero-order chi connectivity index (χ0) is 15.5. The minimum absolute atomic E-state index is 0.0214. The summed E-state index contributed by atoms with van der Waals surface area (Å²) >= 11 is 0. The first-order chi connectivity index (χ1) is 9.84. The highest BCUT2D eigenvalue weighted by Gasteiger charge is 2.32. The lowest BCUT2D eigenvalue weighted by Crippen LogP contribution is -2.18. The van der Waals surface area contributed by atoms with Gasteiger partial charge in [-0.15, -0.1) is 0 Å². The standard InChI is InChI=1S/C15H15F3N2O/c1-10(8-11-2-5-13(21)6-3-11)20-12-4-7-14(19-9-12)15(16,17)18/h2-7,9-10,20-21H,8H2,1H3. The second kappa shape index (κ2) is 6.03. The van der Waals surface area contributed by atoms with Gasteiger partial charge in [-0.1, -0.05) is 12.1 Å². The van der Waals surface area contributed by atoms with Crippen LogP contribution < -0.4 is 5.32 Å². The molecule has 0 saturated heterocycles. The van der Waals surface area contributed by atoms with Crippen molar-refractivity contribution in [1.82, 2.24) is 4.98 Å². The van der Waals surface area contributed by atoms with E-state index < -0.39 is 11.9 Å². The summed E-state index contributed by atoms with van der Waals surface area (Å²) in [5.41, 5.74) is 0.654. The van der Waals surface area contributed by atoms with Crippen LogP contribution in [0, 0.1) is 0 Å². The van der Waals surface area contributed by atoms with Gasteiger partial charge in [-0.2, -0.15) is 13.2 Å². The van der Waals surface area contributed by atoms with Gasteiger partial charge in [0.2, 0.25) is 0 Å². The van der Waals surface area contributed by atoms with Gasteiger partial charge in [-0.05, 0) is 43.2 Å². The molecule has 0 saturated carbocycles. The van der Waals surface area contributed by atoms with Crippen molar-refractivity contribution < 1.29 is 18.3 Å². The Morgan fingerprint density at radius 2 is 1.81 bits per heavy atom. The minimum atomic E-state index is -4.42. The van der Waals surface area contributed by atoms with Crippen LogP contribution >= 0.6 is 0 Å². The number of halogens is 3. The van der Waals surface area contributed by atoms with E-state index in [2.05, 4.69) is 10.3 Å². The van der Waals surface area contributed by atoms with E-state index in [1.165, 1.54) is 12.3 Å². The number of pyridine rings is 1. The number of nitrogens with zero attached hydrogens (tertiary/aromatic N) is 1. The Hall–Kier alpha value is -2.24. The first kappa shape index (κ1) is 15.2. The van der Waals surface area contributed by atoms with Crippen LogP contribution in [-0.2, 0) is 12.6 Å². The fraction of sp³-hybridized carbons (Fsp3) is 0.267. The molecule has 112 valence electrons. The fourth-order valence-corrected chi connectivity index (χ4v) is 1.97. The number of phenols is 1. The predicted molar refractivity (Wildman–Crippen MR) is 74.1 cm³/mol. The number of aromatic nitrogens is 1. The van der Waals surface area contributed by atoms with Crippen LogP contribution in [0.4, 0.5) is 18.9 Å². The van der Waals surface area contributed by atoms with Gasteiger partial charge in [0.1, 0.15) is 11.4 Å². The molecular formula is C15H15F3N2O. The molecule has 1 aromatic heterocycles. The normalized spacial score (nSPS) is 13.0. The summed E-state index contributed by atoms with van der Waals surface area (Å²) < 4.78 is 37.2. The summed E-state index contributed by atoms with van der Waals surface area (Å²) in [7, 11) is 0. The van der Waals surface area contributed by atoms with Crippen LogP contribution in [0.5, 0.6) is 5.75 Å². The number of aromatic hydroxyl groups is 1. The molecule has 0 spiro atoms. The molecule has 0 fully saturated rings. The fourth-order valence-electron chi connectivity index (χ4n) is 1.97. The predicted octanol–water partition coefficient (Wildman–Crippen LogP) is 3.85. The molecule has 3 nitrogen and oxygen atoms in total. The van der Waals surface area contributed by atoms with E-state index >= 15 is 0 Å². The number of anilines is 1. The first-order valence-corrected chi connectivity index (χ1v) is 6.42. The second-order valence-electron chi connectivity index (χ2n) is 4.85. The molecule has 0 radical (unpaired) electrons. The number of hydrogen-bond donors (Lipinski definition) is 2.